The zero-order chi connectivity index (χ0) is 9.14. The lowest BCUT2D eigenvalue weighted by molar-refractivity contribution is 0.270. The predicted molar refractivity (Wildman–Crippen MR) is 46.5 cm³/mol. The highest BCUT2D eigenvalue weighted by molar-refractivity contribution is 6.31. The Labute approximate surface area is 76.0 Å². The van der Waals surface area contributed by atoms with Crippen molar-refractivity contribution < 1.29 is 9.84 Å². The number of rotatable bonds is 2. The van der Waals surface area contributed by atoms with Crippen LogP contribution in [0.1, 0.15) is 11.1 Å². The van der Waals surface area contributed by atoms with Crippen molar-refractivity contribution in [3.63, 3.8) is 0 Å². The molecule has 0 unspecified atom stereocenters. The summed E-state index contributed by atoms with van der Waals surface area (Å²) in [5, 5.41) is 9.52. The van der Waals surface area contributed by atoms with E-state index in [-0.39, 0.29) is 6.61 Å². The van der Waals surface area contributed by atoms with Crippen LogP contribution in [0.5, 0.6) is 5.88 Å². The predicted octanol–water partition coefficient (Wildman–Crippen LogP) is 1.54. The van der Waals surface area contributed by atoms with Gasteiger partial charge in [-0.1, -0.05) is 11.6 Å². The summed E-state index contributed by atoms with van der Waals surface area (Å²) in [7, 11) is 1.51. The van der Waals surface area contributed by atoms with Crippen molar-refractivity contribution in [1.29, 1.82) is 0 Å². The van der Waals surface area contributed by atoms with Crippen molar-refractivity contribution in [1.82, 2.24) is 4.98 Å². The first-order chi connectivity index (χ1) is 5.70. The number of aliphatic hydroxyl groups is 1. The van der Waals surface area contributed by atoms with E-state index in [1.807, 2.05) is 6.92 Å². The lowest BCUT2D eigenvalue weighted by Gasteiger charge is -2.08. The second kappa shape index (κ2) is 3.74. The molecule has 4 heteroatoms. The highest BCUT2D eigenvalue weighted by Crippen LogP contribution is 2.24. The molecule has 0 aliphatic rings. The maximum atomic E-state index is 8.98. The monoisotopic (exact) mass is 187 g/mol. The summed E-state index contributed by atoms with van der Waals surface area (Å²) in [6, 6.07) is 0. The van der Waals surface area contributed by atoms with Crippen LogP contribution < -0.4 is 4.74 Å². The van der Waals surface area contributed by atoms with Gasteiger partial charge >= 0.3 is 0 Å². The minimum absolute atomic E-state index is 0.109. The van der Waals surface area contributed by atoms with Gasteiger partial charge < -0.3 is 9.84 Å². The van der Waals surface area contributed by atoms with Crippen molar-refractivity contribution in [2.75, 3.05) is 7.11 Å². The number of aromatic nitrogens is 1. The van der Waals surface area contributed by atoms with E-state index in [2.05, 4.69) is 4.98 Å². The Kier molecular flexibility index (Phi) is 2.89. The number of nitrogens with zero attached hydrogens (tertiary/aromatic N) is 1. The van der Waals surface area contributed by atoms with E-state index in [9.17, 15) is 0 Å². The van der Waals surface area contributed by atoms with Gasteiger partial charge in [0.05, 0.1) is 18.7 Å². The standard InChI is InChI=1S/C8H10ClNO2/c1-5-6(4-11)8(12-2)10-3-7(5)9/h3,11H,4H2,1-2H3. The molecule has 1 rings (SSSR count). The van der Waals surface area contributed by atoms with Crippen LogP contribution in [0.25, 0.3) is 0 Å². The highest BCUT2D eigenvalue weighted by atomic mass is 35.5. The number of methoxy groups -OCH3 is 1. The van der Waals surface area contributed by atoms with Crippen molar-refractivity contribution in [3.05, 3.63) is 22.3 Å². The molecule has 0 saturated heterocycles. The summed E-state index contributed by atoms with van der Waals surface area (Å²) in [5.74, 6) is 0.430. The van der Waals surface area contributed by atoms with Gasteiger partial charge in [-0.05, 0) is 12.5 Å². The van der Waals surface area contributed by atoms with Crippen molar-refractivity contribution in [2.24, 2.45) is 0 Å². The SMILES string of the molecule is COc1ncc(Cl)c(C)c1CO. The van der Waals surface area contributed by atoms with E-state index in [1.165, 1.54) is 13.3 Å². The van der Waals surface area contributed by atoms with Gasteiger partial charge in [-0.3, -0.25) is 0 Å². The van der Waals surface area contributed by atoms with Crippen LogP contribution in [-0.4, -0.2) is 17.2 Å². The number of hydrogen-bond donors (Lipinski definition) is 1. The molecule has 1 N–H and O–H groups in total. The Balaban J connectivity index is 3.25. The normalized spacial score (nSPS) is 10.0. The largest absolute Gasteiger partial charge is 0.481 e. The van der Waals surface area contributed by atoms with Crippen molar-refractivity contribution in [3.8, 4) is 5.88 Å². The van der Waals surface area contributed by atoms with E-state index in [0.717, 1.165) is 5.56 Å². The Hall–Kier alpha value is -0.800. The van der Waals surface area contributed by atoms with Crippen LogP contribution in [-0.2, 0) is 6.61 Å². The molecule has 0 aliphatic heterocycles. The van der Waals surface area contributed by atoms with E-state index in [1.54, 1.807) is 0 Å². The second-order valence-electron chi connectivity index (χ2n) is 2.38. The lowest BCUT2D eigenvalue weighted by Crippen LogP contribution is -1.98. The van der Waals surface area contributed by atoms with Crippen LogP contribution in [0.2, 0.25) is 5.02 Å². The van der Waals surface area contributed by atoms with Crippen LogP contribution in [0, 0.1) is 6.92 Å². The molecule has 1 heterocycles. The lowest BCUT2D eigenvalue weighted by atomic mass is 10.1. The molecule has 0 aliphatic carbocycles. The molecule has 0 saturated carbocycles. The molecule has 0 amide bonds. The van der Waals surface area contributed by atoms with Gasteiger partial charge in [-0.2, -0.15) is 0 Å². The number of halogens is 1. The maximum absolute atomic E-state index is 8.98. The summed E-state index contributed by atoms with van der Waals surface area (Å²) in [6.45, 7) is 1.71. The fourth-order valence-electron chi connectivity index (χ4n) is 0.957. The molecule has 1 aromatic rings. The number of ether oxygens (including phenoxy) is 1. The van der Waals surface area contributed by atoms with Crippen LogP contribution in [0.4, 0.5) is 0 Å². The third-order valence-electron chi connectivity index (χ3n) is 1.72. The molecule has 3 nitrogen and oxygen atoms in total. The Morgan fingerprint density at radius 1 is 1.67 bits per heavy atom. The molecule has 0 fully saturated rings. The summed E-state index contributed by atoms with van der Waals surface area (Å²) < 4.78 is 4.94. The molecule has 12 heavy (non-hydrogen) atoms. The van der Waals surface area contributed by atoms with Gasteiger partial charge in [0, 0.05) is 11.8 Å². The minimum Gasteiger partial charge on any atom is -0.481 e. The molecule has 0 bridgehead atoms. The molecule has 0 atom stereocenters. The molecule has 66 valence electrons. The van der Waals surface area contributed by atoms with Gasteiger partial charge in [0.2, 0.25) is 5.88 Å². The average Bonchev–Trinajstić information content (AvgIpc) is 2.09. The second-order valence-corrected chi connectivity index (χ2v) is 2.78. The molecule has 0 radical (unpaired) electrons. The average molecular weight is 188 g/mol. The van der Waals surface area contributed by atoms with E-state index in [0.29, 0.717) is 16.5 Å². The maximum Gasteiger partial charge on any atom is 0.218 e. The van der Waals surface area contributed by atoms with E-state index < -0.39 is 0 Å². The van der Waals surface area contributed by atoms with Crippen molar-refractivity contribution >= 4 is 11.6 Å². The van der Waals surface area contributed by atoms with Gasteiger partial charge in [0.15, 0.2) is 0 Å². The Morgan fingerprint density at radius 2 is 2.33 bits per heavy atom. The zero-order valence-corrected chi connectivity index (χ0v) is 7.72. The molecular weight excluding hydrogens is 178 g/mol. The topological polar surface area (TPSA) is 42.4 Å². The molecule has 0 aromatic carbocycles. The van der Waals surface area contributed by atoms with Gasteiger partial charge in [-0.15, -0.1) is 0 Å². The summed E-state index contributed by atoms with van der Waals surface area (Å²) >= 11 is 5.79. The highest BCUT2D eigenvalue weighted by Gasteiger charge is 2.09. The van der Waals surface area contributed by atoms with Crippen LogP contribution in [0.3, 0.4) is 0 Å². The van der Waals surface area contributed by atoms with Crippen LogP contribution in [0.15, 0.2) is 6.20 Å². The fourth-order valence-corrected chi connectivity index (χ4v) is 1.12. The summed E-state index contributed by atoms with van der Waals surface area (Å²) in [6.07, 6.45) is 1.51. The number of hydrogen-bond acceptors (Lipinski definition) is 3. The van der Waals surface area contributed by atoms with Gasteiger partial charge in [-0.25, -0.2) is 4.98 Å². The van der Waals surface area contributed by atoms with Crippen LogP contribution >= 0.6 is 11.6 Å². The first kappa shape index (κ1) is 9.29. The van der Waals surface area contributed by atoms with Crippen molar-refractivity contribution in [2.45, 2.75) is 13.5 Å². The fraction of sp³-hybridized carbons (Fsp3) is 0.375. The quantitative estimate of drug-likeness (QED) is 0.764. The van der Waals surface area contributed by atoms with Gasteiger partial charge in [0.25, 0.3) is 0 Å². The number of pyridine rings is 1. The Morgan fingerprint density at radius 3 is 2.83 bits per heavy atom. The van der Waals surface area contributed by atoms with Gasteiger partial charge in [0.1, 0.15) is 0 Å². The number of aliphatic hydroxyl groups excluding tert-OH is 1. The summed E-state index contributed by atoms with van der Waals surface area (Å²) in [4.78, 5) is 3.91. The molecular formula is C8H10ClNO2. The van der Waals surface area contributed by atoms with E-state index in [4.69, 9.17) is 21.4 Å². The third-order valence-corrected chi connectivity index (χ3v) is 2.10. The molecule has 0 spiro atoms. The molecule has 1 aromatic heterocycles. The zero-order valence-electron chi connectivity index (χ0n) is 6.97. The first-order valence-corrected chi connectivity index (χ1v) is 3.87. The first-order valence-electron chi connectivity index (χ1n) is 3.49. The van der Waals surface area contributed by atoms with E-state index >= 15 is 0 Å². The smallest absolute Gasteiger partial charge is 0.218 e. The summed E-state index contributed by atoms with van der Waals surface area (Å²) in [5.41, 5.74) is 1.45. The minimum atomic E-state index is -0.109. The Bertz CT molecular complexity index is 289. The third kappa shape index (κ3) is 1.52.